The number of aryl methyl sites for hydroxylation is 1. The van der Waals surface area contributed by atoms with Crippen molar-refractivity contribution in [1.82, 2.24) is 14.7 Å². The molecule has 7 heteroatoms. The van der Waals surface area contributed by atoms with E-state index < -0.39 is 0 Å². The number of benzene rings is 1. The highest BCUT2D eigenvalue weighted by atomic mass is 16.3. The number of piperazine rings is 1. The number of carbonyl (C=O) groups is 3. The van der Waals surface area contributed by atoms with Crippen molar-refractivity contribution in [3.8, 4) is 0 Å². The van der Waals surface area contributed by atoms with Gasteiger partial charge in [-0.05, 0) is 24.6 Å². The molecular formula is C22H25N3O4. The van der Waals surface area contributed by atoms with Gasteiger partial charge >= 0.3 is 0 Å². The lowest BCUT2D eigenvalue weighted by Crippen LogP contribution is -2.52. The first-order valence-corrected chi connectivity index (χ1v) is 9.96. The normalized spacial score (nSPS) is 19.7. The summed E-state index contributed by atoms with van der Waals surface area (Å²) in [6.07, 6.45) is 1.74. The summed E-state index contributed by atoms with van der Waals surface area (Å²) in [6, 6.07) is 11.4. The molecule has 1 unspecified atom stereocenters. The summed E-state index contributed by atoms with van der Waals surface area (Å²) in [4.78, 5) is 42.9. The van der Waals surface area contributed by atoms with Crippen LogP contribution in [-0.4, -0.2) is 65.1 Å². The highest BCUT2D eigenvalue weighted by Crippen LogP contribution is 2.23. The highest BCUT2D eigenvalue weighted by molar-refractivity contribution is 5.92. The molecule has 0 bridgehead atoms. The summed E-state index contributed by atoms with van der Waals surface area (Å²) in [5.74, 6) is -0.106. The second kappa shape index (κ2) is 8.11. The van der Waals surface area contributed by atoms with Gasteiger partial charge in [0.25, 0.3) is 5.91 Å². The second-order valence-electron chi connectivity index (χ2n) is 7.76. The lowest BCUT2D eigenvalue weighted by atomic mass is 10.1. The van der Waals surface area contributed by atoms with E-state index in [2.05, 4.69) is 0 Å². The predicted octanol–water partition coefficient (Wildman–Crippen LogP) is 1.92. The molecule has 1 atom stereocenters. The van der Waals surface area contributed by atoms with E-state index in [0.29, 0.717) is 45.0 Å². The molecule has 1 aromatic heterocycles. The highest BCUT2D eigenvalue weighted by Gasteiger charge is 2.37. The van der Waals surface area contributed by atoms with Gasteiger partial charge in [-0.15, -0.1) is 0 Å². The Morgan fingerprint density at radius 1 is 1.03 bits per heavy atom. The predicted molar refractivity (Wildman–Crippen MR) is 106 cm³/mol. The Labute approximate surface area is 169 Å². The van der Waals surface area contributed by atoms with Crippen LogP contribution in [0.2, 0.25) is 0 Å². The average Bonchev–Trinajstić information content (AvgIpc) is 3.39. The van der Waals surface area contributed by atoms with Gasteiger partial charge in [-0.3, -0.25) is 14.4 Å². The van der Waals surface area contributed by atoms with Gasteiger partial charge in [0, 0.05) is 45.7 Å². The van der Waals surface area contributed by atoms with Gasteiger partial charge in [0.05, 0.1) is 12.2 Å². The number of hydrogen-bond acceptors (Lipinski definition) is 4. The first-order valence-electron chi connectivity index (χ1n) is 9.96. The van der Waals surface area contributed by atoms with Crippen molar-refractivity contribution < 1.29 is 18.8 Å². The molecular weight excluding hydrogens is 370 g/mol. The van der Waals surface area contributed by atoms with Gasteiger partial charge in [-0.1, -0.05) is 29.8 Å². The Morgan fingerprint density at radius 3 is 2.38 bits per heavy atom. The lowest BCUT2D eigenvalue weighted by Gasteiger charge is -2.35. The fourth-order valence-corrected chi connectivity index (χ4v) is 3.95. The quantitative estimate of drug-likeness (QED) is 0.793. The van der Waals surface area contributed by atoms with Crippen molar-refractivity contribution in [2.45, 2.75) is 19.9 Å². The zero-order chi connectivity index (χ0) is 20.4. The van der Waals surface area contributed by atoms with Crippen molar-refractivity contribution in [3.05, 3.63) is 59.5 Å². The smallest absolute Gasteiger partial charge is 0.289 e. The summed E-state index contributed by atoms with van der Waals surface area (Å²) in [5.41, 5.74) is 2.25. The Morgan fingerprint density at radius 2 is 1.72 bits per heavy atom. The van der Waals surface area contributed by atoms with Crippen LogP contribution in [0.1, 0.15) is 28.1 Å². The minimum Gasteiger partial charge on any atom is -0.459 e. The minimum absolute atomic E-state index is 0.00912. The Kier molecular flexibility index (Phi) is 5.38. The standard InChI is InChI=1S/C22H25N3O4/c1-16-4-6-17(7-5-16)14-25-15-18(13-20(25)26)21(27)23-8-10-24(11-9-23)22(28)19-3-2-12-29-19/h2-7,12,18H,8-11,13-15H2,1H3. The van der Waals surface area contributed by atoms with Crippen LogP contribution in [-0.2, 0) is 16.1 Å². The van der Waals surface area contributed by atoms with Gasteiger partial charge < -0.3 is 19.1 Å². The molecule has 1 aromatic carbocycles. The zero-order valence-electron chi connectivity index (χ0n) is 16.5. The molecule has 4 rings (SSSR count). The Bertz CT molecular complexity index is 883. The van der Waals surface area contributed by atoms with E-state index >= 15 is 0 Å². The van der Waals surface area contributed by atoms with E-state index in [1.54, 1.807) is 26.8 Å². The first kappa shape index (κ1) is 19.2. The molecule has 0 radical (unpaired) electrons. The summed E-state index contributed by atoms with van der Waals surface area (Å²) < 4.78 is 5.17. The molecule has 0 aliphatic carbocycles. The van der Waals surface area contributed by atoms with E-state index in [-0.39, 0.29) is 30.1 Å². The first-order chi connectivity index (χ1) is 14.0. The maximum atomic E-state index is 12.9. The number of likely N-dealkylation sites (tertiary alicyclic amines) is 1. The summed E-state index contributed by atoms with van der Waals surface area (Å²) in [7, 11) is 0. The largest absolute Gasteiger partial charge is 0.459 e. The van der Waals surface area contributed by atoms with Crippen LogP contribution in [0.5, 0.6) is 0 Å². The van der Waals surface area contributed by atoms with Crippen LogP contribution >= 0.6 is 0 Å². The molecule has 152 valence electrons. The molecule has 2 aromatic rings. The van der Waals surface area contributed by atoms with Crippen molar-refractivity contribution in [2.75, 3.05) is 32.7 Å². The van der Waals surface area contributed by atoms with Crippen LogP contribution in [0.4, 0.5) is 0 Å². The van der Waals surface area contributed by atoms with Crippen LogP contribution in [0.25, 0.3) is 0 Å². The van der Waals surface area contributed by atoms with E-state index in [4.69, 9.17) is 4.42 Å². The molecule has 3 heterocycles. The zero-order valence-corrected chi connectivity index (χ0v) is 16.5. The average molecular weight is 395 g/mol. The molecule has 0 spiro atoms. The number of amides is 3. The van der Waals surface area contributed by atoms with Crippen LogP contribution < -0.4 is 0 Å². The third-order valence-corrected chi connectivity index (χ3v) is 5.67. The summed E-state index contributed by atoms with van der Waals surface area (Å²) >= 11 is 0. The van der Waals surface area contributed by atoms with Crippen molar-refractivity contribution >= 4 is 17.7 Å². The molecule has 7 nitrogen and oxygen atoms in total. The van der Waals surface area contributed by atoms with Crippen molar-refractivity contribution in [2.24, 2.45) is 5.92 Å². The number of nitrogens with zero attached hydrogens (tertiary/aromatic N) is 3. The number of hydrogen-bond donors (Lipinski definition) is 0. The Balaban J connectivity index is 1.30. The Hall–Kier alpha value is -3.09. The van der Waals surface area contributed by atoms with E-state index in [9.17, 15) is 14.4 Å². The van der Waals surface area contributed by atoms with Crippen LogP contribution in [0.15, 0.2) is 47.1 Å². The van der Waals surface area contributed by atoms with Gasteiger partial charge in [0.2, 0.25) is 11.8 Å². The van der Waals surface area contributed by atoms with E-state index in [0.717, 1.165) is 5.56 Å². The topological polar surface area (TPSA) is 74.1 Å². The van der Waals surface area contributed by atoms with Gasteiger partial charge in [-0.2, -0.15) is 0 Å². The fraction of sp³-hybridized carbons (Fsp3) is 0.409. The van der Waals surface area contributed by atoms with E-state index in [1.807, 2.05) is 31.2 Å². The molecule has 3 amide bonds. The van der Waals surface area contributed by atoms with Crippen molar-refractivity contribution in [3.63, 3.8) is 0 Å². The molecule has 2 aliphatic heterocycles. The third kappa shape index (κ3) is 4.18. The molecule has 2 aliphatic rings. The maximum absolute atomic E-state index is 12.9. The number of furan rings is 1. The van der Waals surface area contributed by atoms with Gasteiger partial charge in [0.1, 0.15) is 0 Å². The molecule has 0 N–H and O–H groups in total. The summed E-state index contributed by atoms with van der Waals surface area (Å²) in [6.45, 7) is 4.92. The van der Waals surface area contributed by atoms with Gasteiger partial charge in [0.15, 0.2) is 5.76 Å². The second-order valence-corrected chi connectivity index (χ2v) is 7.76. The molecule has 29 heavy (non-hydrogen) atoms. The minimum atomic E-state index is -0.305. The summed E-state index contributed by atoms with van der Waals surface area (Å²) in [5, 5.41) is 0. The van der Waals surface area contributed by atoms with E-state index in [1.165, 1.54) is 11.8 Å². The number of carbonyl (C=O) groups excluding carboxylic acids is 3. The van der Waals surface area contributed by atoms with Crippen LogP contribution in [0.3, 0.4) is 0 Å². The number of rotatable bonds is 4. The lowest BCUT2D eigenvalue weighted by molar-refractivity contribution is -0.137. The molecule has 2 fully saturated rings. The van der Waals surface area contributed by atoms with Crippen LogP contribution in [0, 0.1) is 12.8 Å². The SMILES string of the molecule is Cc1ccc(CN2CC(C(=O)N3CCN(C(=O)c4ccco4)CC3)CC2=O)cc1. The molecule has 2 saturated heterocycles. The monoisotopic (exact) mass is 395 g/mol. The molecule has 0 saturated carbocycles. The van der Waals surface area contributed by atoms with Crippen molar-refractivity contribution in [1.29, 1.82) is 0 Å². The van der Waals surface area contributed by atoms with Gasteiger partial charge in [-0.25, -0.2) is 0 Å². The third-order valence-electron chi connectivity index (χ3n) is 5.67. The fourth-order valence-electron chi connectivity index (χ4n) is 3.95. The maximum Gasteiger partial charge on any atom is 0.289 e.